The maximum atomic E-state index is 13.1. The predicted molar refractivity (Wildman–Crippen MR) is 99.2 cm³/mol. The first-order chi connectivity index (χ1) is 13.4. The quantitative estimate of drug-likeness (QED) is 0.746. The molecular weight excluding hydrogens is 430 g/mol. The van der Waals surface area contributed by atoms with Crippen LogP contribution in [0.15, 0.2) is 12.1 Å². The molecule has 1 aromatic carbocycles. The van der Waals surface area contributed by atoms with Crippen molar-refractivity contribution in [1.29, 1.82) is 5.26 Å². The summed E-state index contributed by atoms with van der Waals surface area (Å²) in [5.41, 5.74) is -2.09. The highest BCUT2D eigenvalue weighted by Crippen LogP contribution is 2.41. The molecule has 0 fully saturated rings. The van der Waals surface area contributed by atoms with Crippen molar-refractivity contribution in [3.8, 4) is 6.07 Å². The lowest BCUT2D eigenvalue weighted by molar-refractivity contribution is -0.182. The van der Waals surface area contributed by atoms with E-state index in [1.165, 1.54) is 0 Å². The highest BCUT2D eigenvalue weighted by molar-refractivity contribution is 6.42. The van der Waals surface area contributed by atoms with Gasteiger partial charge < -0.3 is 5.32 Å². The van der Waals surface area contributed by atoms with Gasteiger partial charge in [0.25, 0.3) is 0 Å². The van der Waals surface area contributed by atoms with Crippen molar-refractivity contribution in [2.24, 2.45) is 5.41 Å². The lowest BCUT2D eigenvalue weighted by Gasteiger charge is -2.24. The number of nitrogens with one attached hydrogen (secondary N) is 2. The molecule has 1 aromatic heterocycles. The Labute approximate surface area is 174 Å². The van der Waals surface area contributed by atoms with E-state index in [0.29, 0.717) is 10.0 Å². The van der Waals surface area contributed by atoms with Crippen molar-refractivity contribution >= 4 is 29.1 Å². The molecule has 0 saturated heterocycles. The lowest BCUT2D eigenvalue weighted by Crippen LogP contribution is -2.40. The Morgan fingerprint density at radius 2 is 1.83 bits per heavy atom. The van der Waals surface area contributed by atoms with Crippen molar-refractivity contribution < 1.29 is 18.0 Å². The summed E-state index contributed by atoms with van der Waals surface area (Å²) in [4.78, 5) is 16.6. The molecule has 6 nitrogen and oxygen atoms in total. The van der Waals surface area contributed by atoms with Crippen LogP contribution in [-0.4, -0.2) is 27.3 Å². The van der Waals surface area contributed by atoms with E-state index in [9.17, 15) is 23.2 Å². The van der Waals surface area contributed by atoms with E-state index in [-0.39, 0.29) is 25.2 Å². The van der Waals surface area contributed by atoms with E-state index in [4.69, 9.17) is 23.2 Å². The fraction of sp³-hybridized carbons (Fsp3) is 0.444. The van der Waals surface area contributed by atoms with Gasteiger partial charge >= 0.3 is 6.18 Å². The van der Waals surface area contributed by atoms with Gasteiger partial charge in [-0.25, -0.2) is 4.98 Å². The molecule has 1 aliphatic carbocycles. The number of nitriles is 1. The smallest absolute Gasteiger partial charge is 0.347 e. The van der Waals surface area contributed by atoms with Crippen LogP contribution in [0.5, 0.6) is 0 Å². The van der Waals surface area contributed by atoms with E-state index < -0.39 is 28.7 Å². The first kappa shape index (κ1) is 21.4. The molecule has 1 aliphatic rings. The van der Waals surface area contributed by atoms with Gasteiger partial charge in [0.15, 0.2) is 5.82 Å². The number of nitrogens with zero attached hydrogens (tertiary/aromatic N) is 3. The number of amides is 1. The number of H-pyrrole nitrogens is 1. The molecule has 1 amide bonds. The Hall–Kier alpha value is -2.31. The topological polar surface area (TPSA) is 94.5 Å². The highest BCUT2D eigenvalue weighted by atomic mass is 35.5. The Balaban J connectivity index is 1.72. The van der Waals surface area contributed by atoms with Gasteiger partial charge in [0.1, 0.15) is 16.7 Å². The largest absolute Gasteiger partial charge is 0.401 e. The summed E-state index contributed by atoms with van der Waals surface area (Å²) >= 11 is 12.0. The average molecular weight is 446 g/mol. The molecule has 0 bridgehead atoms. The molecule has 29 heavy (non-hydrogen) atoms. The van der Waals surface area contributed by atoms with Gasteiger partial charge in [-0.2, -0.15) is 23.5 Å². The second kappa shape index (κ2) is 7.18. The minimum Gasteiger partial charge on any atom is -0.347 e. The number of fused-ring (bicyclic) bond motifs is 1. The number of benzene rings is 1. The molecule has 3 rings (SSSR count). The molecule has 2 N–H and O–H groups in total. The summed E-state index contributed by atoms with van der Waals surface area (Å²) in [6, 6.07) is 5.32. The van der Waals surface area contributed by atoms with Crippen molar-refractivity contribution in [2.45, 2.75) is 44.8 Å². The third-order valence-electron chi connectivity index (χ3n) is 5.09. The monoisotopic (exact) mass is 445 g/mol. The zero-order valence-corrected chi connectivity index (χ0v) is 16.9. The van der Waals surface area contributed by atoms with Crippen LogP contribution in [0.25, 0.3) is 0 Å². The summed E-state index contributed by atoms with van der Waals surface area (Å²) in [6.07, 6.45) is -4.21. The fourth-order valence-electron chi connectivity index (χ4n) is 3.08. The number of carbonyl (C=O) groups is 1. The van der Waals surface area contributed by atoms with Crippen molar-refractivity contribution in [2.75, 3.05) is 0 Å². The summed E-state index contributed by atoms with van der Waals surface area (Å²) in [5, 5.41) is 18.9. The van der Waals surface area contributed by atoms with Gasteiger partial charge in [-0.05, 0) is 37.1 Å². The van der Waals surface area contributed by atoms with Gasteiger partial charge in [0, 0.05) is 12.8 Å². The Morgan fingerprint density at radius 1 is 1.28 bits per heavy atom. The predicted octanol–water partition coefficient (Wildman–Crippen LogP) is 3.88. The number of halogens is 5. The number of aromatic nitrogens is 3. The Bertz CT molecular complexity index is 979. The number of aromatic amines is 1. The number of hydrogen-bond donors (Lipinski definition) is 2. The zero-order chi connectivity index (χ0) is 21.6. The van der Waals surface area contributed by atoms with E-state index in [2.05, 4.69) is 26.6 Å². The van der Waals surface area contributed by atoms with Gasteiger partial charge in [0.05, 0.1) is 22.7 Å². The van der Waals surface area contributed by atoms with Crippen LogP contribution in [-0.2, 0) is 29.6 Å². The van der Waals surface area contributed by atoms with Crippen LogP contribution < -0.4 is 5.32 Å². The highest BCUT2D eigenvalue weighted by Gasteiger charge is 2.51. The molecule has 0 saturated carbocycles. The van der Waals surface area contributed by atoms with Crippen LogP contribution in [0.3, 0.4) is 0 Å². The molecular formula is C18H16Cl2F3N5O. The Morgan fingerprint density at radius 3 is 2.31 bits per heavy atom. The standard InChI is InChI=1S/C18H16Cl2F3N5O/c1-16(2,18(21,22)23)14-26-13(27-28-14)7-25-15(29)17(8-24)5-9-3-11(19)12(20)4-10(9)6-17/h3-4H,5-7H2,1-2H3,(H,25,29)(H,26,27,28). The summed E-state index contributed by atoms with van der Waals surface area (Å²) in [7, 11) is 0. The SMILES string of the molecule is CC(C)(c1n[nH]c(CNC(=O)C2(C#N)Cc3cc(Cl)c(Cl)cc3C2)n1)C(F)(F)F. The summed E-state index contributed by atoms with van der Waals surface area (Å²) in [6.45, 7) is 1.74. The third-order valence-corrected chi connectivity index (χ3v) is 5.81. The molecule has 11 heteroatoms. The van der Waals surface area contributed by atoms with E-state index in [1.54, 1.807) is 12.1 Å². The van der Waals surface area contributed by atoms with E-state index >= 15 is 0 Å². The van der Waals surface area contributed by atoms with Crippen LogP contribution in [0.1, 0.15) is 36.6 Å². The molecule has 0 spiro atoms. The fourth-order valence-corrected chi connectivity index (χ4v) is 3.45. The minimum atomic E-state index is -4.53. The van der Waals surface area contributed by atoms with Crippen molar-refractivity contribution in [3.63, 3.8) is 0 Å². The average Bonchev–Trinajstić information content (AvgIpc) is 3.24. The van der Waals surface area contributed by atoms with Crippen molar-refractivity contribution in [3.05, 3.63) is 45.0 Å². The summed E-state index contributed by atoms with van der Waals surface area (Å²) < 4.78 is 39.3. The van der Waals surface area contributed by atoms with Gasteiger partial charge in [-0.15, -0.1) is 0 Å². The lowest BCUT2D eigenvalue weighted by atomic mass is 9.85. The minimum absolute atomic E-state index is 0.0559. The second-order valence-corrected chi connectivity index (χ2v) is 8.31. The van der Waals surface area contributed by atoms with Crippen LogP contribution in [0.2, 0.25) is 10.0 Å². The third kappa shape index (κ3) is 3.79. The molecule has 154 valence electrons. The normalized spacial score (nSPS) is 15.7. The molecule has 0 radical (unpaired) electrons. The number of carbonyl (C=O) groups excluding carboxylic acids is 1. The maximum absolute atomic E-state index is 13.1. The van der Waals surface area contributed by atoms with Crippen LogP contribution in [0.4, 0.5) is 13.2 Å². The Kier molecular flexibility index (Phi) is 5.30. The first-order valence-corrected chi connectivity index (χ1v) is 9.30. The molecule has 0 unspecified atom stereocenters. The van der Waals surface area contributed by atoms with Gasteiger partial charge in [0.2, 0.25) is 5.91 Å². The van der Waals surface area contributed by atoms with Crippen LogP contribution >= 0.6 is 23.2 Å². The van der Waals surface area contributed by atoms with Crippen molar-refractivity contribution in [1.82, 2.24) is 20.5 Å². The van der Waals surface area contributed by atoms with E-state index in [1.807, 2.05) is 0 Å². The first-order valence-electron chi connectivity index (χ1n) is 8.54. The van der Waals surface area contributed by atoms with E-state index in [0.717, 1.165) is 25.0 Å². The van der Waals surface area contributed by atoms with Gasteiger partial charge in [-0.1, -0.05) is 23.2 Å². The number of hydrogen-bond acceptors (Lipinski definition) is 4. The number of alkyl halides is 3. The molecule has 1 heterocycles. The maximum Gasteiger partial charge on any atom is 0.401 e. The molecule has 2 aromatic rings. The second-order valence-electron chi connectivity index (χ2n) is 7.49. The van der Waals surface area contributed by atoms with Gasteiger partial charge in [-0.3, -0.25) is 9.89 Å². The zero-order valence-electron chi connectivity index (χ0n) is 15.4. The molecule has 0 atom stereocenters. The number of rotatable bonds is 4. The van der Waals surface area contributed by atoms with Crippen LogP contribution in [0, 0.1) is 16.7 Å². The summed E-state index contributed by atoms with van der Waals surface area (Å²) in [5.74, 6) is -0.932. The molecule has 0 aliphatic heterocycles.